The van der Waals surface area contributed by atoms with Crippen LogP contribution in [0.15, 0.2) is 30.5 Å². The Labute approximate surface area is 146 Å². The normalized spacial score (nSPS) is 11.4. The quantitative estimate of drug-likeness (QED) is 0.729. The van der Waals surface area contributed by atoms with Crippen LogP contribution in [0.2, 0.25) is 0 Å². The average Bonchev–Trinajstić information content (AvgIpc) is 3.04. The number of nitrogens with one attached hydrogen (secondary N) is 1. The zero-order chi connectivity index (χ0) is 19.3. The van der Waals surface area contributed by atoms with Crippen molar-refractivity contribution in [2.45, 2.75) is 12.6 Å². The van der Waals surface area contributed by atoms with Gasteiger partial charge >= 0.3 is 12.1 Å². The van der Waals surface area contributed by atoms with Gasteiger partial charge in [-0.15, -0.1) is 0 Å². The number of aromatic nitrogens is 2. The van der Waals surface area contributed by atoms with Crippen LogP contribution in [-0.4, -0.2) is 47.0 Å². The first-order chi connectivity index (χ1) is 12.3. The van der Waals surface area contributed by atoms with Gasteiger partial charge < -0.3 is 15.2 Å². The summed E-state index contributed by atoms with van der Waals surface area (Å²) < 4.78 is 44.9. The van der Waals surface area contributed by atoms with Crippen molar-refractivity contribution in [3.05, 3.63) is 47.3 Å². The summed E-state index contributed by atoms with van der Waals surface area (Å²) >= 11 is 0. The molecule has 0 radical (unpaired) electrons. The zero-order valence-electron chi connectivity index (χ0n) is 13.7. The highest BCUT2D eigenvalue weighted by Gasteiger charge is 2.40. The van der Waals surface area contributed by atoms with Gasteiger partial charge in [0.15, 0.2) is 5.69 Å². The third-order valence-electron chi connectivity index (χ3n) is 3.45. The first kappa shape index (κ1) is 19.4. The molecule has 1 amide bonds. The Balaban J connectivity index is 2.24. The van der Waals surface area contributed by atoms with Gasteiger partial charge in [-0.2, -0.15) is 18.3 Å². The van der Waals surface area contributed by atoms with E-state index in [9.17, 15) is 22.8 Å². The molecule has 1 heterocycles. The number of amides is 1. The molecule has 2 N–H and O–H groups in total. The van der Waals surface area contributed by atoms with Crippen molar-refractivity contribution in [2.75, 3.05) is 20.3 Å². The second-order valence-corrected chi connectivity index (χ2v) is 5.27. The monoisotopic (exact) mass is 371 g/mol. The molecule has 0 saturated heterocycles. The highest BCUT2D eigenvalue weighted by molar-refractivity contribution is 5.94. The number of hydrogen-bond donors (Lipinski definition) is 2. The fourth-order valence-electron chi connectivity index (χ4n) is 2.25. The first-order valence-corrected chi connectivity index (χ1v) is 7.51. The van der Waals surface area contributed by atoms with E-state index in [2.05, 4.69) is 10.4 Å². The minimum atomic E-state index is -4.90. The second-order valence-electron chi connectivity index (χ2n) is 5.27. The molecule has 0 fully saturated rings. The summed E-state index contributed by atoms with van der Waals surface area (Å²) in [6.45, 7) is 0.887. The maximum atomic E-state index is 13.2. The summed E-state index contributed by atoms with van der Waals surface area (Å²) in [5.41, 5.74) is -2.09. The molecule has 2 rings (SSSR count). The van der Waals surface area contributed by atoms with Crippen LogP contribution in [-0.2, 0) is 10.9 Å². The number of methoxy groups -OCH3 is 1. The molecule has 0 bridgehead atoms. The lowest BCUT2D eigenvalue weighted by atomic mass is 10.2. The molecule has 10 heteroatoms. The lowest BCUT2D eigenvalue weighted by molar-refractivity contribution is -0.143. The van der Waals surface area contributed by atoms with Crippen LogP contribution >= 0.6 is 0 Å². The highest BCUT2D eigenvalue weighted by Crippen LogP contribution is 2.33. The highest BCUT2D eigenvalue weighted by atomic mass is 19.4. The Morgan fingerprint density at radius 2 is 1.92 bits per heavy atom. The van der Waals surface area contributed by atoms with Crippen molar-refractivity contribution in [3.8, 4) is 5.69 Å². The van der Waals surface area contributed by atoms with E-state index >= 15 is 0 Å². The number of carboxylic acid groups (broad SMARTS) is 1. The van der Waals surface area contributed by atoms with Gasteiger partial charge in [-0.3, -0.25) is 4.79 Å². The predicted molar refractivity (Wildman–Crippen MR) is 84.4 cm³/mol. The van der Waals surface area contributed by atoms with Gasteiger partial charge in [0.1, 0.15) is 5.56 Å². The number of rotatable bonds is 7. The number of ether oxygens (including phenoxy) is 1. The summed E-state index contributed by atoms with van der Waals surface area (Å²) in [4.78, 5) is 22.9. The van der Waals surface area contributed by atoms with Crippen molar-refractivity contribution < 1.29 is 32.6 Å². The molecule has 0 aliphatic rings. The molecule has 0 spiro atoms. The molecule has 0 aliphatic carbocycles. The smallest absolute Gasteiger partial charge is 0.434 e. The summed E-state index contributed by atoms with van der Waals surface area (Å²) in [6, 6.07) is 5.20. The number of carbonyl (C=O) groups is 2. The molecule has 7 nitrogen and oxygen atoms in total. The van der Waals surface area contributed by atoms with Gasteiger partial charge in [0.2, 0.25) is 0 Å². The summed E-state index contributed by atoms with van der Waals surface area (Å²) in [7, 11) is 1.54. The Morgan fingerprint density at radius 1 is 1.27 bits per heavy atom. The fourth-order valence-corrected chi connectivity index (χ4v) is 2.25. The molecule has 0 unspecified atom stereocenters. The summed E-state index contributed by atoms with van der Waals surface area (Å²) in [5, 5.41) is 15.1. The summed E-state index contributed by atoms with van der Waals surface area (Å²) in [5.74, 6) is -2.11. The van der Waals surface area contributed by atoms with E-state index in [4.69, 9.17) is 9.84 Å². The van der Waals surface area contributed by atoms with Crippen LogP contribution in [0, 0.1) is 0 Å². The van der Waals surface area contributed by atoms with Gasteiger partial charge in [-0.1, -0.05) is 0 Å². The Hall–Kier alpha value is -2.88. The number of hydrogen-bond acceptors (Lipinski definition) is 4. The van der Waals surface area contributed by atoms with E-state index in [0.29, 0.717) is 30.5 Å². The molecule has 1 aromatic heterocycles. The Kier molecular flexibility index (Phi) is 5.98. The lowest BCUT2D eigenvalue weighted by Gasteiger charge is -2.12. The number of aromatic carboxylic acids is 1. The van der Waals surface area contributed by atoms with Crippen molar-refractivity contribution in [1.82, 2.24) is 15.1 Å². The van der Waals surface area contributed by atoms with Gasteiger partial charge in [0.25, 0.3) is 5.91 Å². The van der Waals surface area contributed by atoms with E-state index in [-0.39, 0.29) is 17.2 Å². The van der Waals surface area contributed by atoms with E-state index in [0.717, 1.165) is 0 Å². The second kappa shape index (κ2) is 8.00. The van der Waals surface area contributed by atoms with E-state index < -0.39 is 23.4 Å². The molecule has 0 saturated carbocycles. The SMILES string of the molecule is COCCCNC(=O)c1ccc(-n2ncc(C(=O)O)c2C(F)(F)F)cc1. The van der Waals surface area contributed by atoms with Crippen LogP contribution in [0.1, 0.15) is 32.8 Å². The predicted octanol–water partition coefficient (Wildman–Crippen LogP) is 2.36. The average molecular weight is 371 g/mol. The van der Waals surface area contributed by atoms with Gasteiger partial charge in [0.05, 0.1) is 11.9 Å². The van der Waals surface area contributed by atoms with Gasteiger partial charge in [-0.25, -0.2) is 9.48 Å². The molecule has 1 aromatic carbocycles. The van der Waals surface area contributed by atoms with Crippen LogP contribution in [0.25, 0.3) is 5.69 Å². The van der Waals surface area contributed by atoms with Crippen LogP contribution in [0.3, 0.4) is 0 Å². The van der Waals surface area contributed by atoms with Crippen LogP contribution < -0.4 is 5.32 Å². The number of carbonyl (C=O) groups excluding carboxylic acids is 1. The number of carboxylic acids is 1. The molecule has 140 valence electrons. The van der Waals surface area contributed by atoms with E-state index in [1.165, 1.54) is 24.3 Å². The third-order valence-corrected chi connectivity index (χ3v) is 3.45. The minimum absolute atomic E-state index is 0.0132. The molecule has 0 atom stereocenters. The van der Waals surface area contributed by atoms with E-state index in [1.54, 1.807) is 7.11 Å². The third kappa shape index (κ3) is 4.39. The molecular weight excluding hydrogens is 355 g/mol. The first-order valence-electron chi connectivity index (χ1n) is 7.51. The van der Waals surface area contributed by atoms with Crippen molar-refractivity contribution in [1.29, 1.82) is 0 Å². The largest absolute Gasteiger partial charge is 0.478 e. The van der Waals surface area contributed by atoms with Crippen LogP contribution in [0.4, 0.5) is 13.2 Å². The number of benzene rings is 1. The van der Waals surface area contributed by atoms with Crippen molar-refractivity contribution >= 4 is 11.9 Å². The number of nitrogens with zero attached hydrogens (tertiary/aromatic N) is 2. The minimum Gasteiger partial charge on any atom is -0.478 e. The maximum absolute atomic E-state index is 13.2. The number of alkyl halides is 3. The Bertz CT molecular complexity index is 785. The zero-order valence-corrected chi connectivity index (χ0v) is 13.7. The van der Waals surface area contributed by atoms with Crippen molar-refractivity contribution in [3.63, 3.8) is 0 Å². The van der Waals surface area contributed by atoms with E-state index in [1.807, 2.05) is 0 Å². The van der Waals surface area contributed by atoms with Crippen LogP contribution in [0.5, 0.6) is 0 Å². The summed E-state index contributed by atoms with van der Waals surface area (Å²) in [6.07, 6.45) is -3.64. The molecule has 2 aromatic rings. The standard InChI is InChI=1S/C16H16F3N3O4/c1-26-8-2-7-20-14(23)10-3-5-11(6-4-10)22-13(16(17,18)19)12(9-21-22)15(24)25/h3-6,9H,2,7-8H2,1H3,(H,20,23)(H,24,25). The van der Waals surface area contributed by atoms with Gasteiger partial charge in [0, 0.05) is 25.8 Å². The molecule has 0 aliphatic heterocycles. The topological polar surface area (TPSA) is 93.5 Å². The molecular formula is C16H16F3N3O4. The van der Waals surface area contributed by atoms with Gasteiger partial charge in [-0.05, 0) is 30.7 Å². The Morgan fingerprint density at radius 3 is 2.46 bits per heavy atom. The number of halogens is 3. The maximum Gasteiger partial charge on any atom is 0.434 e. The fraction of sp³-hybridized carbons (Fsp3) is 0.312. The molecule has 26 heavy (non-hydrogen) atoms. The van der Waals surface area contributed by atoms with Crippen molar-refractivity contribution in [2.24, 2.45) is 0 Å². The lowest BCUT2D eigenvalue weighted by Crippen LogP contribution is -2.25.